The zero-order valence-electron chi connectivity index (χ0n) is 40.6. The minimum atomic E-state index is -1.66. The third kappa shape index (κ3) is 31.5. The van der Waals surface area contributed by atoms with Crippen LogP contribution < -0.4 is 5.32 Å². The molecule has 11 heteroatoms. The lowest BCUT2D eigenvalue weighted by Gasteiger charge is -2.40. The van der Waals surface area contributed by atoms with Crippen LogP contribution in [-0.2, 0) is 14.3 Å². The summed E-state index contributed by atoms with van der Waals surface area (Å²) >= 11 is 0. The Morgan fingerprint density at radius 1 is 0.540 bits per heavy atom. The first-order chi connectivity index (χ1) is 30.7. The summed E-state index contributed by atoms with van der Waals surface area (Å²) in [5.74, 6) is -0.704. The van der Waals surface area contributed by atoms with Crippen LogP contribution in [0.15, 0.2) is 12.2 Å². The topological polar surface area (TPSA) is 189 Å². The summed E-state index contributed by atoms with van der Waals surface area (Å²) in [6.45, 7) is 3.45. The first-order valence-electron chi connectivity index (χ1n) is 26.6. The molecule has 374 valence electrons. The number of ether oxygens (including phenoxy) is 2. The van der Waals surface area contributed by atoms with E-state index in [1.807, 2.05) is 0 Å². The standard InChI is InChI=1S/C52H101NO10/c1-3-5-7-9-11-13-15-17-18-19-20-21-22-23-24-25-26-28-29-31-33-35-37-39-44(55)47(57)43(42-62-52-50(60)49(59)48(58)46(41-54)63-52)53-51(61)45(56)40-38-36-34-32-30-27-16-14-12-10-8-6-4-2/h31,33,43-50,52,54-60H,3-30,32,34-42H2,1-2H3,(H,53,61)/b33-31+. The van der Waals surface area contributed by atoms with Crippen molar-refractivity contribution in [2.24, 2.45) is 0 Å². The predicted molar refractivity (Wildman–Crippen MR) is 256 cm³/mol. The van der Waals surface area contributed by atoms with Gasteiger partial charge in [-0.15, -0.1) is 0 Å². The van der Waals surface area contributed by atoms with Crippen molar-refractivity contribution in [1.29, 1.82) is 0 Å². The number of aliphatic hydroxyl groups is 7. The molecular weight excluding hydrogens is 799 g/mol. The summed E-state index contributed by atoms with van der Waals surface area (Å²) < 4.78 is 11.1. The normalized spacial score (nSPS) is 21.2. The first kappa shape index (κ1) is 59.9. The fourth-order valence-corrected chi connectivity index (χ4v) is 8.68. The second-order valence-electron chi connectivity index (χ2n) is 19.0. The van der Waals surface area contributed by atoms with Gasteiger partial charge in [-0.2, -0.15) is 0 Å². The van der Waals surface area contributed by atoms with Crippen molar-refractivity contribution in [1.82, 2.24) is 5.32 Å². The molecule has 1 aliphatic heterocycles. The second-order valence-corrected chi connectivity index (χ2v) is 19.0. The third-order valence-electron chi connectivity index (χ3n) is 13.1. The fraction of sp³-hybridized carbons (Fsp3) is 0.942. The van der Waals surface area contributed by atoms with Gasteiger partial charge in [0, 0.05) is 0 Å². The maximum atomic E-state index is 13.1. The average Bonchev–Trinajstić information content (AvgIpc) is 3.28. The molecule has 1 fully saturated rings. The molecule has 0 saturated carbocycles. The fourth-order valence-electron chi connectivity index (χ4n) is 8.68. The van der Waals surface area contributed by atoms with Gasteiger partial charge in [-0.05, 0) is 38.5 Å². The third-order valence-corrected chi connectivity index (χ3v) is 13.1. The molecule has 0 aliphatic carbocycles. The molecule has 9 unspecified atom stereocenters. The van der Waals surface area contributed by atoms with E-state index < -0.39 is 74.2 Å². The highest BCUT2D eigenvalue weighted by Gasteiger charge is 2.44. The molecule has 1 heterocycles. The summed E-state index contributed by atoms with van der Waals surface area (Å²) in [7, 11) is 0. The lowest BCUT2D eigenvalue weighted by molar-refractivity contribution is -0.303. The van der Waals surface area contributed by atoms with E-state index in [2.05, 4.69) is 31.3 Å². The van der Waals surface area contributed by atoms with E-state index in [0.29, 0.717) is 12.8 Å². The van der Waals surface area contributed by atoms with Crippen molar-refractivity contribution in [2.45, 2.75) is 300 Å². The molecule has 0 spiro atoms. The Morgan fingerprint density at radius 3 is 1.37 bits per heavy atom. The van der Waals surface area contributed by atoms with Crippen LogP contribution >= 0.6 is 0 Å². The number of allylic oxidation sites excluding steroid dienone is 2. The van der Waals surface area contributed by atoms with Gasteiger partial charge in [0.15, 0.2) is 6.29 Å². The smallest absolute Gasteiger partial charge is 0.249 e. The molecule has 9 atom stereocenters. The van der Waals surface area contributed by atoms with Gasteiger partial charge in [0.25, 0.3) is 0 Å². The molecule has 0 aromatic heterocycles. The number of carbonyl (C=O) groups excluding carboxylic acids is 1. The number of hydrogen-bond donors (Lipinski definition) is 8. The highest BCUT2D eigenvalue weighted by Crippen LogP contribution is 2.23. The van der Waals surface area contributed by atoms with E-state index in [1.165, 1.54) is 167 Å². The minimum absolute atomic E-state index is 0.258. The van der Waals surface area contributed by atoms with Crippen molar-refractivity contribution in [3.05, 3.63) is 12.2 Å². The molecule has 11 nitrogen and oxygen atoms in total. The van der Waals surface area contributed by atoms with Crippen molar-refractivity contribution >= 4 is 5.91 Å². The maximum absolute atomic E-state index is 13.1. The van der Waals surface area contributed by atoms with E-state index in [9.17, 15) is 40.5 Å². The summed E-state index contributed by atoms with van der Waals surface area (Å²) in [4.78, 5) is 13.1. The Kier molecular flexibility index (Phi) is 40.1. The van der Waals surface area contributed by atoms with Crippen LogP contribution in [0.5, 0.6) is 0 Å². The van der Waals surface area contributed by atoms with Crippen LogP contribution in [0.25, 0.3) is 0 Å². The van der Waals surface area contributed by atoms with E-state index in [-0.39, 0.29) is 12.8 Å². The molecule has 63 heavy (non-hydrogen) atoms. The van der Waals surface area contributed by atoms with Crippen molar-refractivity contribution in [2.75, 3.05) is 13.2 Å². The molecule has 0 radical (unpaired) electrons. The summed E-state index contributed by atoms with van der Waals surface area (Å²) in [6, 6.07) is -1.18. The molecule has 0 aromatic carbocycles. The quantitative estimate of drug-likeness (QED) is 0.0216. The molecule has 0 bridgehead atoms. The molecule has 1 aliphatic rings. The second kappa shape index (κ2) is 42.2. The van der Waals surface area contributed by atoms with Gasteiger partial charge in [-0.25, -0.2) is 0 Å². The Bertz CT molecular complexity index is 1030. The number of aliphatic hydroxyl groups excluding tert-OH is 7. The van der Waals surface area contributed by atoms with Crippen LogP contribution in [0, 0.1) is 0 Å². The highest BCUT2D eigenvalue weighted by molar-refractivity contribution is 5.80. The number of hydrogen-bond acceptors (Lipinski definition) is 10. The number of nitrogens with one attached hydrogen (secondary N) is 1. The van der Waals surface area contributed by atoms with Crippen LogP contribution in [0.1, 0.15) is 245 Å². The van der Waals surface area contributed by atoms with Crippen molar-refractivity contribution in [3.8, 4) is 0 Å². The van der Waals surface area contributed by atoms with Crippen molar-refractivity contribution < 1.29 is 50.0 Å². The number of unbranched alkanes of at least 4 members (excludes halogenated alkanes) is 31. The molecule has 1 amide bonds. The monoisotopic (exact) mass is 900 g/mol. The Labute approximate surface area is 385 Å². The molecule has 1 saturated heterocycles. The largest absolute Gasteiger partial charge is 0.394 e. The average molecular weight is 900 g/mol. The van der Waals surface area contributed by atoms with Gasteiger partial charge in [-0.3, -0.25) is 4.79 Å². The molecule has 1 rings (SSSR count). The van der Waals surface area contributed by atoms with Gasteiger partial charge in [-0.1, -0.05) is 219 Å². The first-order valence-corrected chi connectivity index (χ1v) is 26.6. The van der Waals surface area contributed by atoms with E-state index in [1.54, 1.807) is 0 Å². The van der Waals surface area contributed by atoms with E-state index >= 15 is 0 Å². The van der Waals surface area contributed by atoms with Crippen molar-refractivity contribution in [3.63, 3.8) is 0 Å². The number of rotatable bonds is 45. The Hall–Kier alpha value is -1.15. The lowest BCUT2D eigenvalue weighted by atomic mass is 9.98. The summed E-state index contributed by atoms with van der Waals surface area (Å²) in [6.07, 6.45) is 35.6. The van der Waals surface area contributed by atoms with Crippen LogP contribution in [0.4, 0.5) is 0 Å². The van der Waals surface area contributed by atoms with Crippen LogP contribution in [0.3, 0.4) is 0 Å². The zero-order valence-corrected chi connectivity index (χ0v) is 40.6. The summed E-state index contributed by atoms with van der Waals surface area (Å²) in [5, 5.41) is 75.8. The van der Waals surface area contributed by atoms with E-state index in [4.69, 9.17) is 9.47 Å². The lowest BCUT2D eigenvalue weighted by Crippen LogP contribution is -2.60. The van der Waals surface area contributed by atoms with Crippen LogP contribution in [0.2, 0.25) is 0 Å². The molecule has 8 N–H and O–H groups in total. The number of amides is 1. The van der Waals surface area contributed by atoms with Gasteiger partial charge in [0.05, 0.1) is 25.4 Å². The van der Waals surface area contributed by atoms with Crippen LogP contribution in [-0.4, -0.2) is 110 Å². The van der Waals surface area contributed by atoms with Gasteiger partial charge < -0.3 is 50.5 Å². The SMILES string of the molecule is CCCCCCCCCCCCCCCCCCCC/C=C/CCCC(O)C(O)C(COC1OC(CO)C(O)C(O)C1O)NC(=O)C(O)CCCCCCCCCCCCCCC. The molecule has 0 aromatic rings. The zero-order chi connectivity index (χ0) is 46.2. The van der Waals surface area contributed by atoms with E-state index in [0.717, 1.165) is 38.5 Å². The maximum Gasteiger partial charge on any atom is 0.249 e. The Balaban J connectivity index is 2.36. The molecular formula is C52H101NO10. The van der Waals surface area contributed by atoms with Gasteiger partial charge >= 0.3 is 0 Å². The van der Waals surface area contributed by atoms with Gasteiger partial charge in [0.2, 0.25) is 5.91 Å². The predicted octanol–water partition coefficient (Wildman–Crippen LogP) is 10.0. The minimum Gasteiger partial charge on any atom is -0.394 e. The Morgan fingerprint density at radius 2 is 0.937 bits per heavy atom. The van der Waals surface area contributed by atoms with Gasteiger partial charge in [0.1, 0.15) is 36.6 Å². The number of carbonyl (C=O) groups is 1. The highest BCUT2D eigenvalue weighted by atomic mass is 16.7. The summed E-state index contributed by atoms with van der Waals surface area (Å²) in [5.41, 5.74) is 0.